The van der Waals surface area contributed by atoms with Crippen LogP contribution in [0.15, 0.2) is 73.1 Å². The van der Waals surface area contributed by atoms with Gasteiger partial charge in [-0.25, -0.2) is 4.79 Å². The number of alkyl halides is 3. The summed E-state index contributed by atoms with van der Waals surface area (Å²) >= 11 is 6.26. The van der Waals surface area contributed by atoms with Gasteiger partial charge in [0.15, 0.2) is 0 Å². The molecule has 1 atom stereocenters. The van der Waals surface area contributed by atoms with Crippen molar-refractivity contribution >= 4 is 34.9 Å². The molecule has 2 aromatic carbocycles. The fraction of sp³-hybridized carbons (Fsp3) is 0.296. The number of benzene rings is 2. The number of pyridine rings is 1. The lowest BCUT2D eigenvalue weighted by atomic mass is 10.1. The Balaban J connectivity index is 1.58. The first-order chi connectivity index (χ1) is 19.1. The quantitative estimate of drug-likeness (QED) is 0.214. The number of ether oxygens (including phenoxy) is 3. The molecule has 0 saturated heterocycles. The maximum absolute atomic E-state index is 13.5. The highest BCUT2D eigenvalue weighted by Crippen LogP contribution is 2.24. The molecule has 214 valence electrons. The monoisotopic (exact) mass is 581 g/mol. The summed E-state index contributed by atoms with van der Waals surface area (Å²) in [7, 11) is 0. The number of aliphatic hydroxyl groups excluding tert-OH is 1. The second-order valence-electron chi connectivity index (χ2n) is 8.30. The van der Waals surface area contributed by atoms with Gasteiger partial charge in [0.05, 0.1) is 13.2 Å². The first kappa shape index (κ1) is 30.7. The van der Waals surface area contributed by atoms with E-state index in [1.54, 1.807) is 54.9 Å². The number of amides is 1. The lowest BCUT2D eigenvalue weighted by Gasteiger charge is -2.24. The molecule has 0 aliphatic heterocycles. The van der Waals surface area contributed by atoms with Crippen LogP contribution in [0.3, 0.4) is 0 Å². The molecule has 9 nitrogen and oxygen atoms in total. The van der Waals surface area contributed by atoms with Crippen molar-refractivity contribution in [3.05, 3.63) is 83.6 Å². The zero-order valence-electron chi connectivity index (χ0n) is 21.1. The molecule has 0 spiro atoms. The van der Waals surface area contributed by atoms with Gasteiger partial charge in [0, 0.05) is 47.4 Å². The van der Waals surface area contributed by atoms with Gasteiger partial charge >= 0.3 is 12.1 Å². The lowest BCUT2D eigenvalue weighted by molar-refractivity contribution is -0.202. The van der Waals surface area contributed by atoms with Gasteiger partial charge in [0.25, 0.3) is 5.91 Å². The van der Waals surface area contributed by atoms with E-state index in [9.17, 15) is 27.9 Å². The van der Waals surface area contributed by atoms with Crippen LogP contribution in [0.2, 0.25) is 5.02 Å². The molecule has 0 aliphatic carbocycles. The molecular weight excluding hydrogens is 555 g/mol. The predicted octanol–water partition coefficient (Wildman–Crippen LogP) is 4.36. The topological polar surface area (TPSA) is 110 Å². The van der Waals surface area contributed by atoms with Crippen LogP contribution >= 0.6 is 11.6 Å². The Morgan fingerprint density at radius 3 is 2.45 bits per heavy atom. The van der Waals surface area contributed by atoms with Crippen molar-refractivity contribution < 1.29 is 42.1 Å². The van der Waals surface area contributed by atoms with E-state index in [2.05, 4.69) is 15.0 Å². The second-order valence-corrected chi connectivity index (χ2v) is 8.74. The van der Waals surface area contributed by atoms with Gasteiger partial charge in [-0.15, -0.1) is 0 Å². The van der Waals surface area contributed by atoms with E-state index in [0.717, 1.165) is 5.69 Å². The molecule has 0 fully saturated rings. The summed E-state index contributed by atoms with van der Waals surface area (Å²) in [5.41, 5.74) is 1.70. The molecule has 2 N–H and O–H groups in total. The van der Waals surface area contributed by atoms with Crippen molar-refractivity contribution in [3.63, 3.8) is 0 Å². The molecule has 40 heavy (non-hydrogen) atoms. The fourth-order valence-electron chi connectivity index (χ4n) is 3.39. The van der Waals surface area contributed by atoms with Crippen molar-refractivity contribution in [2.75, 3.05) is 49.7 Å². The van der Waals surface area contributed by atoms with Crippen LogP contribution in [0.1, 0.15) is 10.4 Å². The fourth-order valence-corrected chi connectivity index (χ4v) is 3.62. The Morgan fingerprint density at radius 2 is 1.75 bits per heavy atom. The van der Waals surface area contributed by atoms with E-state index in [-0.39, 0.29) is 18.7 Å². The van der Waals surface area contributed by atoms with Crippen molar-refractivity contribution in [3.8, 4) is 5.75 Å². The standard InChI is InChI=1S/C27H27ClF3N3O6/c28-20-14-19(15-24(16-20)39-12-10-33-21-6-8-32-9-7-21)25(36)34(22-4-2-1-3-5-22)11-13-38-17-23(35)18-40-26(37)27(29,30)31/h1-9,14-16,23,35H,10-13,17-18H2,(H,32,33). The largest absolute Gasteiger partial charge is 0.492 e. The van der Waals surface area contributed by atoms with Gasteiger partial charge < -0.3 is 29.5 Å². The van der Waals surface area contributed by atoms with Crippen LogP contribution in [0.25, 0.3) is 0 Å². The molecule has 0 saturated carbocycles. The minimum absolute atomic E-state index is 0.0382. The number of nitrogens with one attached hydrogen (secondary N) is 1. The van der Waals surface area contributed by atoms with E-state index in [0.29, 0.717) is 29.6 Å². The Hall–Kier alpha value is -3.87. The molecule has 0 radical (unpaired) electrons. The van der Waals surface area contributed by atoms with Gasteiger partial charge in [-0.2, -0.15) is 13.2 Å². The number of carbonyl (C=O) groups is 2. The minimum Gasteiger partial charge on any atom is -0.492 e. The summed E-state index contributed by atoms with van der Waals surface area (Å²) in [5.74, 6) is -2.41. The highest BCUT2D eigenvalue weighted by Gasteiger charge is 2.41. The number of carbonyl (C=O) groups excluding carboxylic acids is 2. The number of halogens is 4. The van der Waals surface area contributed by atoms with Crippen LogP contribution in [-0.4, -0.2) is 73.8 Å². The van der Waals surface area contributed by atoms with Gasteiger partial charge in [0.2, 0.25) is 0 Å². The first-order valence-corrected chi connectivity index (χ1v) is 12.4. The van der Waals surface area contributed by atoms with Gasteiger partial charge in [-0.3, -0.25) is 9.78 Å². The van der Waals surface area contributed by atoms with E-state index >= 15 is 0 Å². The Labute approximate surface area is 233 Å². The van der Waals surface area contributed by atoms with Crippen LogP contribution in [0, 0.1) is 0 Å². The van der Waals surface area contributed by atoms with Crippen LogP contribution < -0.4 is 15.0 Å². The summed E-state index contributed by atoms with van der Waals surface area (Å²) in [6, 6.07) is 17.0. The summed E-state index contributed by atoms with van der Waals surface area (Å²) in [4.78, 5) is 29.6. The Morgan fingerprint density at radius 1 is 1.02 bits per heavy atom. The lowest BCUT2D eigenvalue weighted by Crippen LogP contribution is -2.35. The van der Waals surface area contributed by atoms with Crippen molar-refractivity contribution in [1.82, 2.24) is 4.98 Å². The number of nitrogens with zero attached hydrogens (tertiary/aromatic N) is 2. The average molecular weight is 582 g/mol. The average Bonchev–Trinajstić information content (AvgIpc) is 2.94. The number of aliphatic hydroxyl groups is 1. The molecule has 1 amide bonds. The third-order valence-electron chi connectivity index (χ3n) is 5.22. The Kier molecular flexibility index (Phi) is 11.5. The van der Waals surface area contributed by atoms with E-state index in [1.165, 1.54) is 11.0 Å². The number of hydrogen-bond donors (Lipinski definition) is 2. The summed E-state index contributed by atoms with van der Waals surface area (Å²) in [6.07, 6.45) is -3.30. The van der Waals surface area contributed by atoms with E-state index in [1.807, 2.05) is 12.1 Å². The van der Waals surface area contributed by atoms with E-state index in [4.69, 9.17) is 21.1 Å². The number of para-hydroxylation sites is 1. The number of hydrogen-bond acceptors (Lipinski definition) is 8. The summed E-state index contributed by atoms with van der Waals surface area (Å²) in [5, 5.41) is 13.2. The third kappa shape index (κ3) is 10.0. The van der Waals surface area contributed by atoms with Crippen molar-refractivity contribution in [2.45, 2.75) is 12.3 Å². The number of aromatic nitrogens is 1. The van der Waals surface area contributed by atoms with Gasteiger partial charge in [0.1, 0.15) is 25.1 Å². The Bertz CT molecular complexity index is 1240. The van der Waals surface area contributed by atoms with Crippen molar-refractivity contribution in [1.29, 1.82) is 0 Å². The number of anilines is 2. The van der Waals surface area contributed by atoms with E-state index < -0.39 is 37.4 Å². The summed E-state index contributed by atoms with van der Waals surface area (Å²) in [6.45, 7) is -0.540. The molecule has 3 rings (SSSR count). The predicted molar refractivity (Wildman–Crippen MR) is 142 cm³/mol. The zero-order valence-corrected chi connectivity index (χ0v) is 21.9. The molecule has 3 aromatic rings. The maximum Gasteiger partial charge on any atom is 0.490 e. The molecule has 13 heteroatoms. The van der Waals surface area contributed by atoms with Gasteiger partial charge in [-0.05, 0) is 42.5 Å². The molecular formula is C27H27ClF3N3O6. The number of esters is 1. The molecule has 1 unspecified atom stereocenters. The number of rotatable bonds is 14. The molecule has 1 heterocycles. The third-order valence-corrected chi connectivity index (χ3v) is 5.44. The summed E-state index contributed by atoms with van der Waals surface area (Å²) < 4.78 is 51.8. The highest BCUT2D eigenvalue weighted by atomic mass is 35.5. The van der Waals surface area contributed by atoms with Gasteiger partial charge in [-0.1, -0.05) is 29.8 Å². The van der Waals surface area contributed by atoms with Crippen LogP contribution in [0.5, 0.6) is 5.75 Å². The molecule has 0 aliphatic rings. The normalized spacial score (nSPS) is 11.9. The maximum atomic E-state index is 13.5. The van der Waals surface area contributed by atoms with Crippen LogP contribution in [-0.2, 0) is 14.3 Å². The second kappa shape index (κ2) is 15.1. The van der Waals surface area contributed by atoms with Crippen LogP contribution in [0.4, 0.5) is 24.5 Å². The first-order valence-electron chi connectivity index (χ1n) is 12.1. The van der Waals surface area contributed by atoms with Crippen molar-refractivity contribution in [2.24, 2.45) is 0 Å². The smallest absolute Gasteiger partial charge is 0.490 e. The SMILES string of the molecule is O=C(c1cc(Cl)cc(OCCNc2ccncc2)c1)N(CCOCC(O)COC(=O)C(F)(F)F)c1ccccc1. The minimum atomic E-state index is -5.15. The molecule has 0 bridgehead atoms. The highest BCUT2D eigenvalue weighted by molar-refractivity contribution is 6.31. The zero-order chi connectivity index (χ0) is 29.0. The molecule has 1 aromatic heterocycles.